The Kier molecular flexibility index (Phi) is 6.83. The summed E-state index contributed by atoms with van der Waals surface area (Å²) in [7, 11) is 0. The molecule has 1 fully saturated rings. The fraction of sp³-hybridized carbons (Fsp3) is 0.280. The number of nitrogens with one attached hydrogen (secondary N) is 1. The van der Waals surface area contributed by atoms with E-state index in [-0.39, 0.29) is 6.10 Å². The molecule has 1 saturated heterocycles. The largest absolute Gasteiger partial charge is 0.372 e. The van der Waals surface area contributed by atoms with Crippen LogP contribution in [0.15, 0.2) is 84.9 Å². The van der Waals surface area contributed by atoms with Crippen molar-refractivity contribution < 1.29 is 4.74 Å². The molecule has 1 heterocycles. The van der Waals surface area contributed by atoms with Crippen LogP contribution in [0.5, 0.6) is 0 Å². The fourth-order valence-electron chi connectivity index (χ4n) is 3.86. The molecule has 3 aromatic carbocycles. The lowest BCUT2D eigenvalue weighted by Crippen LogP contribution is -2.35. The molecule has 0 bridgehead atoms. The van der Waals surface area contributed by atoms with Gasteiger partial charge in [-0.15, -0.1) is 0 Å². The minimum Gasteiger partial charge on any atom is -0.372 e. The van der Waals surface area contributed by atoms with E-state index in [1.165, 1.54) is 16.8 Å². The quantitative estimate of drug-likeness (QED) is 0.559. The van der Waals surface area contributed by atoms with E-state index in [9.17, 15) is 0 Å². The van der Waals surface area contributed by atoms with Crippen LogP contribution in [0.3, 0.4) is 0 Å². The molecule has 0 radical (unpaired) electrons. The maximum atomic E-state index is 6.30. The molecule has 150 valence electrons. The van der Waals surface area contributed by atoms with E-state index in [0.717, 1.165) is 31.2 Å². The number of rotatable bonds is 8. The summed E-state index contributed by atoms with van der Waals surface area (Å²) in [5.74, 6) is 0.429. The number of ether oxygens (including phenoxy) is 1. The van der Waals surface area contributed by atoms with Crippen molar-refractivity contribution in [1.29, 1.82) is 0 Å². The van der Waals surface area contributed by atoms with Crippen LogP contribution in [-0.2, 0) is 17.9 Å². The standard InChI is InChI=1S/C25H27ClN2O/c26-23-11-13-24(14-12-23)28(17-20-7-3-1-4-8-20)18-22-15-27-16-25(22)29-19-21-9-5-2-6-10-21/h1-14,22,25,27H,15-19H2. The van der Waals surface area contributed by atoms with Gasteiger partial charge in [-0.1, -0.05) is 72.3 Å². The Labute approximate surface area is 178 Å². The van der Waals surface area contributed by atoms with Gasteiger partial charge in [-0.25, -0.2) is 0 Å². The molecule has 1 N–H and O–H groups in total. The van der Waals surface area contributed by atoms with E-state index >= 15 is 0 Å². The van der Waals surface area contributed by atoms with Crippen LogP contribution in [0.4, 0.5) is 5.69 Å². The zero-order valence-electron chi connectivity index (χ0n) is 16.5. The molecule has 3 nitrogen and oxygen atoms in total. The SMILES string of the molecule is Clc1ccc(N(Cc2ccccc2)CC2CNCC2OCc2ccccc2)cc1. The van der Waals surface area contributed by atoms with Crippen LogP contribution in [0, 0.1) is 5.92 Å². The van der Waals surface area contributed by atoms with Crippen LogP contribution in [0.2, 0.25) is 5.02 Å². The Morgan fingerprint density at radius 1 is 0.828 bits per heavy atom. The van der Waals surface area contributed by atoms with E-state index in [1.807, 2.05) is 18.2 Å². The maximum Gasteiger partial charge on any atom is 0.0761 e. The second-order valence-corrected chi connectivity index (χ2v) is 8.03. The molecule has 2 unspecified atom stereocenters. The summed E-state index contributed by atoms with van der Waals surface area (Å²) in [6, 6.07) is 29.1. The topological polar surface area (TPSA) is 24.5 Å². The van der Waals surface area contributed by atoms with Gasteiger partial charge in [-0.3, -0.25) is 0 Å². The molecule has 4 heteroatoms. The number of hydrogen-bond donors (Lipinski definition) is 1. The van der Waals surface area contributed by atoms with Gasteiger partial charge in [0, 0.05) is 42.8 Å². The molecule has 1 aliphatic rings. The average molecular weight is 407 g/mol. The van der Waals surface area contributed by atoms with Gasteiger partial charge < -0.3 is 15.0 Å². The van der Waals surface area contributed by atoms with Crippen LogP contribution in [0.25, 0.3) is 0 Å². The third kappa shape index (κ3) is 5.60. The zero-order chi connectivity index (χ0) is 19.9. The number of halogens is 1. The van der Waals surface area contributed by atoms with Gasteiger partial charge in [0.05, 0.1) is 12.7 Å². The van der Waals surface area contributed by atoms with E-state index in [0.29, 0.717) is 12.5 Å². The van der Waals surface area contributed by atoms with E-state index in [4.69, 9.17) is 16.3 Å². The summed E-state index contributed by atoms with van der Waals surface area (Å²) < 4.78 is 6.30. The van der Waals surface area contributed by atoms with Crippen LogP contribution < -0.4 is 10.2 Å². The number of hydrogen-bond acceptors (Lipinski definition) is 3. The number of nitrogens with zero attached hydrogens (tertiary/aromatic N) is 1. The second kappa shape index (κ2) is 9.93. The first-order valence-electron chi connectivity index (χ1n) is 10.2. The third-order valence-electron chi connectivity index (χ3n) is 5.45. The Balaban J connectivity index is 1.46. The average Bonchev–Trinajstić information content (AvgIpc) is 3.21. The molecule has 2 atom stereocenters. The van der Waals surface area contributed by atoms with Gasteiger partial charge in [0.25, 0.3) is 0 Å². The molecule has 0 saturated carbocycles. The van der Waals surface area contributed by atoms with Gasteiger partial charge >= 0.3 is 0 Å². The van der Waals surface area contributed by atoms with Gasteiger partial charge in [-0.2, -0.15) is 0 Å². The fourth-order valence-corrected chi connectivity index (χ4v) is 3.99. The Morgan fingerprint density at radius 2 is 1.48 bits per heavy atom. The Hall–Kier alpha value is -2.33. The van der Waals surface area contributed by atoms with Gasteiger partial charge in [0.1, 0.15) is 0 Å². The molecule has 0 spiro atoms. The normalized spacial score (nSPS) is 18.7. The predicted molar refractivity (Wildman–Crippen MR) is 120 cm³/mol. The molecule has 3 aromatic rings. The van der Waals surface area contributed by atoms with Crippen molar-refractivity contribution >= 4 is 17.3 Å². The highest BCUT2D eigenvalue weighted by Gasteiger charge is 2.29. The first-order chi connectivity index (χ1) is 14.3. The van der Waals surface area contributed by atoms with Crippen molar-refractivity contribution in [1.82, 2.24) is 5.32 Å². The molecule has 0 aliphatic carbocycles. The minimum absolute atomic E-state index is 0.209. The summed E-state index contributed by atoms with van der Waals surface area (Å²) in [6.45, 7) is 4.33. The lowest BCUT2D eigenvalue weighted by atomic mass is 10.0. The highest BCUT2D eigenvalue weighted by Crippen LogP contribution is 2.24. The number of anilines is 1. The monoisotopic (exact) mass is 406 g/mol. The highest BCUT2D eigenvalue weighted by atomic mass is 35.5. The molecular weight excluding hydrogens is 380 g/mol. The molecule has 4 rings (SSSR count). The van der Waals surface area contributed by atoms with Crippen LogP contribution >= 0.6 is 11.6 Å². The Morgan fingerprint density at radius 3 is 2.17 bits per heavy atom. The van der Waals surface area contributed by atoms with Crippen molar-refractivity contribution in [2.45, 2.75) is 19.3 Å². The number of benzene rings is 3. The smallest absolute Gasteiger partial charge is 0.0761 e. The molecule has 29 heavy (non-hydrogen) atoms. The first-order valence-corrected chi connectivity index (χ1v) is 10.6. The van der Waals surface area contributed by atoms with Crippen molar-refractivity contribution in [2.75, 3.05) is 24.5 Å². The highest BCUT2D eigenvalue weighted by molar-refractivity contribution is 6.30. The maximum absolute atomic E-state index is 6.30. The lowest BCUT2D eigenvalue weighted by Gasteiger charge is -2.30. The third-order valence-corrected chi connectivity index (χ3v) is 5.70. The second-order valence-electron chi connectivity index (χ2n) is 7.60. The molecule has 0 amide bonds. The van der Waals surface area contributed by atoms with Crippen molar-refractivity contribution in [3.8, 4) is 0 Å². The van der Waals surface area contributed by atoms with Crippen molar-refractivity contribution in [2.24, 2.45) is 5.92 Å². The summed E-state index contributed by atoms with van der Waals surface area (Å²) in [4.78, 5) is 2.43. The van der Waals surface area contributed by atoms with Crippen LogP contribution in [0.1, 0.15) is 11.1 Å². The summed E-state index contributed by atoms with van der Waals surface area (Å²) in [6.07, 6.45) is 0.209. The molecular formula is C25H27ClN2O. The molecule has 1 aliphatic heterocycles. The minimum atomic E-state index is 0.209. The van der Waals surface area contributed by atoms with Crippen molar-refractivity contribution in [3.05, 3.63) is 101 Å². The lowest BCUT2D eigenvalue weighted by molar-refractivity contribution is 0.0274. The van der Waals surface area contributed by atoms with E-state index < -0.39 is 0 Å². The van der Waals surface area contributed by atoms with E-state index in [2.05, 4.69) is 76.9 Å². The molecule has 0 aromatic heterocycles. The Bertz CT molecular complexity index is 870. The summed E-state index contributed by atoms with van der Waals surface area (Å²) >= 11 is 6.12. The van der Waals surface area contributed by atoms with Gasteiger partial charge in [-0.05, 0) is 35.4 Å². The van der Waals surface area contributed by atoms with E-state index in [1.54, 1.807) is 0 Å². The summed E-state index contributed by atoms with van der Waals surface area (Å²) in [5.41, 5.74) is 3.71. The summed E-state index contributed by atoms with van der Waals surface area (Å²) in [5, 5.41) is 4.28. The van der Waals surface area contributed by atoms with Crippen molar-refractivity contribution in [3.63, 3.8) is 0 Å². The van der Waals surface area contributed by atoms with Gasteiger partial charge in [0.2, 0.25) is 0 Å². The first kappa shape index (κ1) is 20.0. The van der Waals surface area contributed by atoms with Gasteiger partial charge in [0.15, 0.2) is 0 Å². The predicted octanol–water partition coefficient (Wildman–Crippen LogP) is 5.15. The zero-order valence-corrected chi connectivity index (χ0v) is 17.3. The van der Waals surface area contributed by atoms with Crippen LogP contribution in [-0.4, -0.2) is 25.7 Å².